The van der Waals surface area contributed by atoms with Gasteiger partial charge in [-0.25, -0.2) is 9.78 Å². The van der Waals surface area contributed by atoms with Gasteiger partial charge in [0, 0.05) is 18.1 Å². The minimum absolute atomic E-state index is 0.0389. The van der Waals surface area contributed by atoms with Gasteiger partial charge in [0.2, 0.25) is 0 Å². The fourth-order valence-corrected chi connectivity index (χ4v) is 3.89. The molecule has 0 bridgehead atoms. The SMILES string of the molecule is COC(=O)COc1c(C)cc(CNC(c2ccccc2)c2nccs2)cc1C. The number of thiazole rings is 1. The molecule has 3 aromatic rings. The summed E-state index contributed by atoms with van der Waals surface area (Å²) in [6, 6.07) is 14.5. The van der Waals surface area contributed by atoms with Gasteiger partial charge in [-0.05, 0) is 36.1 Å². The van der Waals surface area contributed by atoms with Crippen molar-refractivity contribution < 1.29 is 14.3 Å². The van der Waals surface area contributed by atoms with E-state index in [0.717, 1.165) is 27.4 Å². The van der Waals surface area contributed by atoms with E-state index in [1.54, 1.807) is 11.3 Å². The quantitative estimate of drug-likeness (QED) is 0.579. The number of hydrogen-bond donors (Lipinski definition) is 1. The molecule has 0 spiro atoms. The Labute approximate surface area is 169 Å². The molecule has 0 aliphatic carbocycles. The topological polar surface area (TPSA) is 60.5 Å². The fraction of sp³-hybridized carbons (Fsp3) is 0.273. The van der Waals surface area contributed by atoms with Crippen LogP contribution in [0.25, 0.3) is 0 Å². The maximum absolute atomic E-state index is 11.3. The van der Waals surface area contributed by atoms with Crippen molar-refractivity contribution in [2.45, 2.75) is 26.4 Å². The first-order chi connectivity index (χ1) is 13.6. The van der Waals surface area contributed by atoms with E-state index in [4.69, 9.17) is 4.74 Å². The molecule has 1 aromatic heterocycles. The van der Waals surface area contributed by atoms with Crippen molar-refractivity contribution in [1.82, 2.24) is 10.3 Å². The van der Waals surface area contributed by atoms with E-state index in [-0.39, 0.29) is 12.6 Å². The smallest absolute Gasteiger partial charge is 0.343 e. The fourth-order valence-electron chi connectivity index (χ4n) is 3.15. The lowest BCUT2D eigenvalue weighted by Gasteiger charge is -2.18. The molecule has 28 heavy (non-hydrogen) atoms. The summed E-state index contributed by atoms with van der Waals surface area (Å²) in [7, 11) is 1.35. The van der Waals surface area contributed by atoms with E-state index in [1.165, 1.54) is 12.7 Å². The van der Waals surface area contributed by atoms with Gasteiger partial charge in [0.1, 0.15) is 10.8 Å². The van der Waals surface area contributed by atoms with Crippen LogP contribution >= 0.6 is 11.3 Å². The Morgan fingerprint density at radius 3 is 2.50 bits per heavy atom. The van der Waals surface area contributed by atoms with Crippen molar-refractivity contribution in [3.63, 3.8) is 0 Å². The van der Waals surface area contributed by atoms with Crippen molar-refractivity contribution in [3.05, 3.63) is 81.3 Å². The van der Waals surface area contributed by atoms with Gasteiger partial charge < -0.3 is 14.8 Å². The van der Waals surface area contributed by atoms with E-state index in [9.17, 15) is 4.79 Å². The van der Waals surface area contributed by atoms with Crippen LogP contribution in [0.4, 0.5) is 0 Å². The number of aromatic nitrogens is 1. The molecule has 0 aliphatic rings. The van der Waals surface area contributed by atoms with Crippen LogP contribution in [0, 0.1) is 13.8 Å². The molecule has 0 radical (unpaired) electrons. The Hall–Kier alpha value is -2.70. The van der Waals surface area contributed by atoms with Gasteiger partial charge in [-0.2, -0.15) is 0 Å². The van der Waals surface area contributed by atoms with Gasteiger partial charge in [-0.1, -0.05) is 42.5 Å². The first-order valence-electron chi connectivity index (χ1n) is 9.06. The summed E-state index contributed by atoms with van der Waals surface area (Å²) in [5.74, 6) is 0.340. The number of nitrogens with zero attached hydrogens (tertiary/aromatic N) is 1. The Morgan fingerprint density at radius 1 is 1.18 bits per heavy atom. The molecular weight excluding hydrogens is 372 g/mol. The second-order valence-corrected chi connectivity index (χ2v) is 7.44. The van der Waals surface area contributed by atoms with Gasteiger partial charge in [-0.15, -0.1) is 11.3 Å². The number of rotatable bonds is 8. The van der Waals surface area contributed by atoms with Crippen LogP contribution in [-0.4, -0.2) is 24.7 Å². The normalized spacial score (nSPS) is 11.8. The van der Waals surface area contributed by atoms with Crippen LogP contribution in [0.1, 0.15) is 33.3 Å². The van der Waals surface area contributed by atoms with Crippen LogP contribution in [0.5, 0.6) is 5.75 Å². The van der Waals surface area contributed by atoms with E-state index < -0.39 is 5.97 Å². The van der Waals surface area contributed by atoms with Crippen LogP contribution in [-0.2, 0) is 16.1 Å². The Morgan fingerprint density at radius 2 is 1.89 bits per heavy atom. The second-order valence-electron chi connectivity index (χ2n) is 6.52. The number of ether oxygens (including phenoxy) is 2. The summed E-state index contributed by atoms with van der Waals surface area (Å²) in [5.41, 5.74) is 4.32. The Bertz CT molecular complexity index is 888. The lowest BCUT2D eigenvalue weighted by Crippen LogP contribution is -2.22. The molecule has 6 heteroatoms. The third kappa shape index (κ3) is 4.97. The monoisotopic (exact) mass is 396 g/mol. The van der Waals surface area contributed by atoms with Crippen molar-refractivity contribution in [2.75, 3.05) is 13.7 Å². The molecule has 2 aromatic carbocycles. The van der Waals surface area contributed by atoms with Gasteiger partial charge in [-0.3, -0.25) is 0 Å². The van der Waals surface area contributed by atoms with E-state index in [2.05, 4.69) is 39.3 Å². The van der Waals surface area contributed by atoms with Crippen LogP contribution in [0.15, 0.2) is 54.0 Å². The number of carbonyl (C=O) groups excluding carboxylic acids is 1. The first kappa shape index (κ1) is 20.0. The lowest BCUT2D eigenvalue weighted by atomic mass is 10.0. The molecule has 146 valence electrons. The molecule has 0 aliphatic heterocycles. The number of carbonyl (C=O) groups is 1. The molecule has 1 atom stereocenters. The van der Waals surface area contributed by atoms with Crippen molar-refractivity contribution >= 4 is 17.3 Å². The summed E-state index contributed by atoms with van der Waals surface area (Å²) in [4.78, 5) is 15.8. The highest BCUT2D eigenvalue weighted by Crippen LogP contribution is 2.27. The molecule has 1 heterocycles. The zero-order chi connectivity index (χ0) is 19.9. The third-order valence-corrected chi connectivity index (χ3v) is 5.26. The first-order valence-corrected chi connectivity index (χ1v) is 9.94. The molecule has 1 unspecified atom stereocenters. The zero-order valence-corrected chi connectivity index (χ0v) is 17.1. The maximum Gasteiger partial charge on any atom is 0.343 e. The number of benzene rings is 2. The van der Waals surface area contributed by atoms with Crippen molar-refractivity contribution in [2.24, 2.45) is 0 Å². The highest BCUT2D eigenvalue weighted by atomic mass is 32.1. The average molecular weight is 397 g/mol. The third-order valence-electron chi connectivity index (χ3n) is 4.42. The molecule has 0 fully saturated rings. The van der Waals surface area contributed by atoms with Crippen LogP contribution in [0.2, 0.25) is 0 Å². The second kappa shape index (κ2) is 9.48. The lowest BCUT2D eigenvalue weighted by molar-refractivity contribution is -0.142. The van der Waals surface area contributed by atoms with Crippen molar-refractivity contribution in [1.29, 1.82) is 0 Å². The van der Waals surface area contributed by atoms with Crippen LogP contribution < -0.4 is 10.1 Å². The standard InChI is InChI=1S/C22H24N2O3S/c1-15-11-17(12-16(2)21(15)27-14-19(25)26-3)13-24-20(22-23-9-10-28-22)18-7-5-4-6-8-18/h4-12,20,24H,13-14H2,1-3H3. The van der Waals surface area contributed by atoms with Gasteiger partial charge >= 0.3 is 5.97 Å². The number of nitrogens with one attached hydrogen (secondary N) is 1. The van der Waals surface area contributed by atoms with Crippen LogP contribution in [0.3, 0.4) is 0 Å². The summed E-state index contributed by atoms with van der Waals surface area (Å²) in [6.07, 6.45) is 1.83. The molecular formula is C22H24N2O3S. The summed E-state index contributed by atoms with van der Waals surface area (Å²) >= 11 is 1.64. The molecule has 0 amide bonds. The molecule has 3 rings (SSSR count). The predicted molar refractivity (Wildman–Crippen MR) is 111 cm³/mol. The van der Waals surface area contributed by atoms with Gasteiger partial charge in [0.15, 0.2) is 6.61 Å². The van der Waals surface area contributed by atoms with E-state index in [1.807, 2.05) is 43.6 Å². The molecule has 5 nitrogen and oxygen atoms in total. The molecule has 1 N–H and O–H groups in total. The van der Waals surface area contributed by atoms with Gasteiger partial charge in [0.05, 0.1) is 13.2 Å². The largest absolute Gasteiger partial charge is 0.481 e. The Balaban J connectivity index is 1.74. The highest BCUT2D eigenvalue weighted by molar-refractivity contribution is 7.09. The minimum atomic E-state index is -0.390. The van der Waals surface area contributed by atoms with E-state index >= 15 is 0 Å². The molecule has 0 saturated carbocycles. The number of aryl methyl sites for hydroxylation is 2. The predicted octanol–water partition coefficient (Wildman–Crippen LogP) is 4.19. The number of esters is 1. The Kier molecular flexibility index (Phi) is 6.79. The zero-order valence-electron chi connectivity index (χ0n) is 16.3. The summed E-state index contributed by atoms with van der Waals surface area (Å²) < 4.78 is 10.3. The number of methoxy groups -OCH3 is 1. The van der Waals surface area contributed by atoms with Crippen molar-refractivity contribution in [3.8, 4) is 5.75 Å². The average Bonchev–Trinajstić information content (AvgIpc) is 3.22. The van der Waals surface area contributed by atoms with E-state index in [0.29, 0.717) is 6.54 Å². The summed E-state index contributed by atoms with van der Waals surface area (Å²) in [5, 5.41) is 6.66. The molecule has 0 saturated heterocycles. The number of hydrogen-bond acceptors (Lipinski definition) is 6. The summed E-state index contributed by atoms with van der Waals surface area (Å²) in [6.45, 7) is 4.57. The van der Waals surface area contributed by atoms with Gasteiger partial charge in [0.25, 0.3) is 0 Å². The minimum Gasteiger partial charge on any atom is -0.481 e. The maximum atomic E-state index is 11.3. The highest BCUT2D eigenvalue weighted by Gasteiger charge is 2.16.